The van der Waals surface area contributed by atoms with Gasteiger partial charge in [-0.1, -0.05) is 30.0 Å². The minimum Gasteiger partial charge on any atom is -0.496 e. The number of hydrogen-bond donors (Lipinski definition) is 1. The lowest BCUT2D eigenvalue weighted by Crippen LogP contribution is -2.12. The highest BCUT2D eigenvalue weighted by molar-refractivity contribution is 7.99. The van der Waals surface area contributed by atoms with Crippen LogP contribution in [0.5, 0.6) is 17.2 Å². The van der Waals surface area contributed by atoms with Crippen LogP contribution in [0.4, 0.5) is 5.69 Å². The number of carbonyl (C=O) groups is 1. The van der Waals surface area contributed by atoms with Crippen LogP contribution in [-0.2, 0) is 11.3 Å². The van der Waals surface area contributed by atoms with Crippen molar-refractivity contribution < 1.29 is 19.0 Å². The zero-order chi connectivity index (χ0) is 21.6. The Morgan fingerprint density at radius 1 is 1.26 bits per heavy atom. The highest BCUT2D eigenvalue weighted by Gasteiger charge is 2.17. The van der Waals surface area contributed by atoms with Gasteiger partial charge in [-0.05, 0) is 24.3 Å². The maximum absolute atomic E-state index is 12.4. The van der Waals surface area contributed by atoms with Crippen LogP contribution < -0.4 is 19.5 Å². The molecule has 8 nitrogen and oxygen atoms in total. The Labute approximate surface area is 184 Å². The molecule has 0 unspecified atom stereocenters. The smallest absolute Gasteiger partial charge is 0.231 e. The van der Waals surface area contributed by atoms with Gasteiger partial charge in [-0.2, -0.15) is 0 Å². The summed E-state index contributed by atoms with van der Waals surface area (Å²) >= 11 is 1.47. The molecule has 1 aliphatic heterocycles. The van der Waals surface area contributed by atoms with E-state index in [-0.39, 0.29) is 12.7 Å². The van der Waals surface area contributed by atoms with Gasteiger partial charge in [0, 0.05) is 30.5 Å². The van der Waals surface area contributed by atoms with Crippen LogP contribution in [-0.4, -0.2) is 40.3 Å². The quantitative estimate of drug-likeness (QED) is 0.399. The molecule has 9 heteroatoms. The first-order valence-electron chi connectivity index (χ1n) is 9.69. The zero-order valence-corrected chi connectivity index (χ0v) is 17.9. The van der Waals surface area contributed by atoms with Crippen LogP contribution in [0.3, 0.4) is 0 Å². The molecule has 0 fully saturated rings. The molecular formula is C22H22N4O4S. The molecule has 2 heterocycles. The lowest BCUT2D eigenvalue weighted by molar-refractivity contribution is -0.115. The van der Waals surface area contributed by atoms with E-state index in [9.17, 15) is 4.79 Å². The first-order chi connectivity index (χ1) is 15.2. The SMILES string of the molecule is C=CCn1c(SCCC(=O)Nc2ccc3c(c2)OCO3)nnc1-c1ccccc1OC. The van der Waals surface area contributed by atoms with E-state index in [1.807, 2.05) is 28.8 Å². The van der Waals surface area contributed by atoms with Gasteiger partial charge in [-0.25, -0.2) is 0 Å². The van der Waals surface area contributed by atoms with Crippen molar-refractivity contribution in [2.75, 3.05) is 25.0 Å². The second-order valence-corrected chi connectivity index (χ2v) is 7.68. The number of rotatable bonds is 9. The maximum atomic E-state index is 12.4. The number of anilines is 1. The van der Waals surface area contributed by atoms with Gasteiger partial charge < -0.3 is 19.5 Å². The van der Waals surface area contributed by atoms with E-state index < -0.39 is 0 Å². The van der Waals surface area contributed by atoms with Crippen molar-refractivity contribution >= 4 is 23.4 Å². The number of nitrogens with one attached hydrogen (secondary N) is 1. The monoisotopic (exact) mass is 438 g/mol. The molecule has 0 bridgehead atoms. The lowest BCUT2D eigenvalue weighted by atomic mass is 10.2. The predicted molar refractivity (Wildman–Crippen MR) is 119 cm³/mol. The summed E-state index contributed by atoms with van der Waals surface area (Å²) in [6.07, 6.45) is 2.11. The number of para-hydroxylation sites is 1. The molecule has 4 rings (SSSR count). The average Bonchev–Trinajstić information content (AvgIpc) is 3.41. The van der Waals surface area contributed by atoms with Crippen molar-refractivity contribution in [2.45, 2.75) is 18.1 Å². The van der Waals surface area contributed by atoms with E-state index in [4.69, 9.17) is 14.2 Å². The summed E-state index contributed by atoms with van der Waals surface area (Å²) < 4.78 is 18.0. The van der Waals surface area contributed by atoms with Crippen molar-refractivity contribution in [2.24, 2.45) is 0 Å². The second kappa shape index (κ2) is 9.57. The number of aromatic nitrogens is 3. The number of ether oxygens (including phenoxy) is 3. The highest BCUT2D eigenvalue weighted by Crippen LogP contribution is 2.34. The largest absolute Gasteiger partial charge is 0.496 e. The molecule has 0 radical (unpaired) electrons. The topological polar surface area (TPSA) is 87.5 Å². The van der Waals surface area contributed by atoms with Crippen LogP contribution in [0.15, 0.2) is 60.3 Å². The van der Waals surface area contributed by atoms with Crippen molar-refractivity contribution in [1.29, 1.82) is 0 Å². The molecule has 0 atom stereocenters. The van der Waals surface area contributed by atoms with Crippen molar-refractivity contribution in [3.63, 3.8) is 0 Å². The van der Waals surface area contributed by atoms with E-state index >= 15 is 0 Å². The highest BCUT2D eigenvalue weighted by atomic mass is 32.2. The van der Waals surface area contributed by atoms with Crippen LogP contribution >= 0.6 is 11.8 Å². The number of hydrogen-bond acceptors (Lipinski definition) is 7. The second-order valence-electron chi connectivity index (χ2n) is 6.62. The third-order valence-corrected chi connectivity index (χ3v) is 5.56. The lowest BCUT2D eigenvalue weighted by Gasteiger charge is -2.10. The molecular weight excluding hydrogens is 416 g/mol. The summed E-state index contributed by atoms with van der Waals surface area (Å²) in [7, 11) is 1.63. The fraction of sp³-hybridized carbons (Fsp3) is 0.227. The van der Waals surface area contributed by atoms with E-state index in [0.29, 0.717) is 41.7 Å². The standard InChI is InChI=1S/C22H22N4O4S/c1-3-11-26-21(16-6-4-5-7-17(16)28-2)24-25-22(26)31-12-10-20(27)23-15-8-9-18-19(13-15)30-14-29-18/h3-9,13H,1,10-12,14H2,2H3,(H,23,27). The van der Waals surface area contributed by atoms with Gasteiger partial charge >= 0.3 is 0 Å². The van der Waals surface area contributed by atoms with Crippen LogP contribution in [0.1, 0.15) is 6.42 Å². The summed E-state index contributed by atoms with van der Waals surface area (Å²) in [6, 6.07) is 13.0. The molecule has 1 amide bonds. The summed E-state index contributed by atoms with van der Waals surface area (Å²) in [5, 5.41) is 12.3. The number of fused-ring (bicyclic) bond motifs is 1. The minimum atomic E-state index is -0.0916. The Bertz CT molecular complexity index is 1100. The normalized spacial score (nSPS) is 11.9. The molecule has 2 aromatic carbocycles. The molecule has 3 aromatic rings. The maximum Gasteiger partial charge on any atom is 0.231 e. The Morgan fingerprint density at radius 3 is 2.94 bits per heavy atom. The number of benzene rings is 2. The Hall–Kier alpha value is -3.46. The Morgan fingerprint density at radius 2 is 2.10 bits per heavy atom. The number of nitrogens with zero attached hydrogens (tertiary/aromatic N) is 3. The first kappa shape index (κ1) is 20.8. The Kier molecular flexibility index (Phi) is 6.42. The fourth-order valence-corrected chi connectivity index (χ4v) is 4.04. The fourth-order valence-electron chi connectivity index (χ4n) is 3.15. The van der Waals surface area contributed by atoms with Gasteiger partial charge in [0.2, 0.25) is 12.7 Å². The number of amides is 1. The van der Waals surface area contributed by atoms with Crippen molar-refractivity contribution in [3.05, 3.63) is 55.1 Å². The molecule has 1 N–H and O–H groups in total. The third kappa shape index (κ3) is 4.66. The summed E-state index contributed by atoms with van der Waals surface area (Å²) in [5.41, 5.74) is 1.53. The van der Waals surface area contributed by atoms with E-state index in [1.165, 1.54) is 11.8 Å². The van der Waals surface area contributed by atoms with Gasteiger partial charge in [-0.3, -0.25) is 9.36 Å². The number of allylic oxidation sites excluding steroid dienone is 1. The van der Waals surface area contributed by atoms with E-state index in [0.717, 1.165) is 16.5 Å². The van der Waals surface area contributed by atoms with Gasteiger partial charge in [0.25, 0.3) is 0 Å². The summed E-state index contributed by atoms with van der Waals surface area (Å²) in [6.45, 7) is 4.58. The molecule has 0 aliphatic carbocycles. The predicted octanol–water partition coefficient (Wildman–Crippen LogP) is 3.99. The first-order valence-corrected chi connectivity index (χ1v) is 10.7. The number of methoxy groups -OCH3 is 1. The van der Waals surface area contributed by atoms with Gasteiger partial charge in [0.05, 0.1) is 12.7 Å². The molecule has 1 aromatic heterocycles. The minimum absolute atomic E-state index is 0.0916. The average molecular weight is 439 g/mol. The van der Waals surface area contributed by atoms with Crippen LogP contribution in [0.25, 0.3) is 11.4 Å². The third-order valence-electron chi connectivity index (χ3n) is 4.59. The molecule has 160 valence electrons. The van der Waals surface area contributed by atoms with Crippen molar-refractivity contribution in [3.8, 4) is 28.6 Å². The van der Waals surface area contributed by atoms with E-state index in [2.05, 4.69) is 22.1 Å². The number of carbonyl (C=O) groups excluding carboxylic acids is 1. The summed E-state index contributed by atoms with van der Waals surface area (Å²) in [5.74, 6) is 3.20. The van der Waals surface area contributed by atoms with Gasteiger partial charge in [-0.15, -0.1) is 16.8 Å². The van der Waals surface area contributed by atoms with Gasteiger partial charge in [0.1, 0.15) is 5.75 Å². The van der Waals surface area contributed by atoms with Crippen LogP contribution in [0.2, 0.25) is 0 Å². The van der Waals surface area contributed by atoms with Gasteiger partial charge in [0.15, 0.2) is 22.5 Å². The zero-order valence-electron chi connectivity index (χ0n) is 17.0. The molecule has 1 aliphatic rings. The van der Waals surface area contributed by atoms with Crippen LogP contribution in [0, 0.1) is 0 Å². The molecule has 0 saturated carbocycles. The summed E-state index contributed by atoms with van der Waals surface area (Å²) in [4.78, 5) is 12.4. The molecule has 0 saturated heterocycles. The van der Waals surface area contributed by atoms with E-state index in [1.54, 1.807) is 31.4 Å². The van der Waals surface area contributed by atoms with Crippen molar-refractivity contribution in [1.82, 2.24) is 14.8 Å². The molecule has 31 heavy (non-hydrogen) atoms. The number of thioether (sulfide) groups is 1. The molecule has 0 spiro atoms. The Balaban J connectivity index is 1.40.